The number of imidazole rings is 1. The van der Waals surface area contributed by atoms with Crippen molar-refractivity contribution in [3.05, 3.63) is 30.2 Å². The lowest BCUT2D eigenvalue weighted by molar-refractivity contribution is 0.155. The van der Waals surface area contributed by atoms with E-state index in [0.717, 1.165) is 50.5 Å². The molecule has 3 rings (SSSR count). The molecule has 0 amide bonds. The van der Waals surface area contributed by atoms with Crippen LogP contribution in [-0.4, -0.2) is 64.1 Å². The number of nitrogens with zero attached hydrogens (tertiary/aromatic N) is 4. The van der Waals surface area contributed by atoms with Crippen molar-refractivity contribution in [3.63, 3.8) is 0 Å². The van der Waals surface area contributed by atoms with Crippen molar-refractivity contribution in [1.29, 1.82) is 0 Å². The number of hydrogen-bond acceptors (Lipinski definition) is 4. The monoisotopic (exact) mass is 260 g/mol. The van der Waals surface area contributed by atoms with Crippen LogP contribution in [0.1, 0.15) is 5.82 Å². The smallest absolute Gasteiger partial charge is 0.197 e. The predicted octanol–water partition coefficient (Wildman–Crippen LogP) is 0.830. The van der Waals surface area contributed by atoms with E-state index in [1.807, 2.05) is 22.7 Å². The molecule has 0 aliphatic carbocycles. The van der Waals surface area contributed by atoms with E-state index in [2.05, 4.69) is 21.8 Å². The minimum absolute atomic E-state index is 0.267. The van der Waals surface area contributed by atoms with Crippen LogP contribution in [0.3, 0.4) is 0 Å². The average molecular weight is 260 g/mol. The molecule has 0 aromatic carbocycles. The molecule has 0 unspecified atom stereocenters. The Morgan fingerprint density at radius 1 is 1.21 bits per heavy atom. The van der Waals surface area contributed by atoms with Crippen molar-refractivity contribution in [2.45, 2.75) is 6.42 Å². The first kappa shape index (κ1) is 12.4. The van der Waals surface area contributed by atoms with Gasteiger partial charge in [-0.25, -0.2) is 4.98 Å². The molecular formula is C14H20N4O. The summed E-state index contributed by atoms with van der Waals surface area (Å²) in [5, 5.41) is 9.92. The van der Waals surface area contributed by atoms with Gasteiger partial charge in [0.15, 0.2) is 5.88 Å². The van der Waals surface area contributed by atoms with Crippen molar-refractivity contribution in [3.8, 4) is 5.88 Å². The van der Waals surface area contributed by atoms with Gasteiger partial charge in [-0.3, -0.25) is 4.40 Å². The van der Waals surface area contributed by atoms with E-state index in [1.165, 1.54) is 0 Å². The number of fused-ring (bicyclic) bond motifs is 1. The van der Waals surface area contributed by atoms with Gasteiger partial charge in [0.2, 0.25) is 0 Å². The first-order chi connectivity index (χ1) is 9.24. The third-order valence-electron chi connectivity index (χ3n) is 3.85. The molecule has 0 spiro atoms. The maximum Gasteiger partial charge on any atom is 0.197 e. The Kier molecular flexibility index (Phi) is 3.40. The van der Waals surface area contributed by atoms with Gasteiger partial charge in [-0.2, -0.15) is 0 Å². The summed E-state index contributed by atoms with van der Waals surface area (Å²) in [5.41, 5.74) is 0.952. The van der Waals surface area contributed by atoms with Gasteiger partial charge in [0.25, 0.3) is 0 Å². The van der Waals surface area contributed by atoms with E-state index < -0.39 is 0 Å². The molecule has 1 aliphatic rings. The van der Waals surface area contributed by atoms with Crippen molar-refractivity contribution in [2.75, 3.05) is 39.8 Å². The normalized spacial score (nSPS) is 18.2. The van der Waals surface area contributed by atoms with Crippen molar-refractivity contribution in [2.24, 2.45) is 0 Å². The highest BCUT2D eigenvalue weighted by atomic mass is 16.3. The molecular weight excluding hydrogens is 240 g/mol. The molecule has 1 fully saturated rings. The Hall–Kier alpha value is -1.59. The lowest BCUT2D eigenvalue weighted by Crippen LogP contribution is -2.45. The van der Waals surface area contributed by atoms with Crippen LogP contribution < -0.4 is 0 Å². The van der Waals surface area contributed by atoms with Crippen LogP contribution in [0, 0.1) is 0 Å². The summed E-state index contributed by atoms with van der Waals surface area (Å²) in [5.74, 6) is 1.20. The van der Waals surface area contributed by atoms with Crippen LogP contribution >= 0.6 is 0 Å². The zero-order valence-corrected chi connectivity index (χ0v) is 11.3. The quantitative estimate of drug-likeness (QED) is 0.888. The van der Waals surface area contributed by atoms with Gasteiger partial charge in [-0.05, 0) is 19.2 Å². The van der Waals surface area contributed by atoms with Crippen LogP contribution in [0.25, 0.3) is 5.52 Å². The minimum atomic E-state index is 0.267. The Morgan fingerprint density at radius 2 is 2.00 bits per heavy atom. The molecule has 19 heavy (non-hydrogen) atoms. The van der Waals surface area contributed by atoms with Crippen LogP contribution in [0.5, 0.6) is 5.88 Å². The second-order valence-corrected chi connectivity index (χ2v) is 5.21. The number of piperazine rings is 1. The third kappa shape index (κ3) is 2.57. The highest BCUT2D eigenvalue weighted by molar-refractivity contribution is 5.48. The highest BCUT2D eigenvalue weighted by Crippen LogP contribution is 2.16. The van der Waals surface area contributed by atoms with Crippen LogP contribution in [0.2, 0.25) is 0 Å². The zero-order chi connectivity index (χ0) is 13.2. The Balaban J connectivity index is 1.69. The Morgan fingerprint density at radius 3 is 2.79 bits per heavy atom. The maximum absolute atomic E-state index is 9.92. The fourth-order valence-electron chi connectivity index (χ4n) is 2.60. The topological polar surface area (TPSA) is 44.0 Å². The van der Waals surface area contributed by atoms with Crippen LogP contribution in [0.4, 0.5) is 0 Å². The van der Waals surface area contributed by atoms with Gasteiger partial charge in [-0.1, -0.05) is 6.07 Å². The molecule has 1 aliphatic heterocycles. The summed E-state index contributed by atoms with van der Waals surface area (Å²) >= 11 is 0. The molecule has 1 N–H and O–H groups in total. The van der Waals surface area contributed by atoms with E-state index in [4.69, 9.17) is 0 Å². The molecule has 102 valence electrons. The minimum Gasteiger partial charge on any atom is -0.494 e. The first-order valence-corrected chi connectivity index (χ1v) is 6.79. The third-order valence-corrected chi connectivity index (χ3v) is 3.85. The standard InChI is InChI=1S/C14H20N4O/c1-16-7-9-17(10-8-16)6-5-13-15-11-12-3-2-4-14(19)18(12)13/h2-4,11,19H,5-10H2,1H3. The summed E-state index contributed by atoms with van der Waals surface area (Å²) in [7, 11) is 2.16. The summed E-state index contributed by atoms with van der Waals surface area (Å²) < 4.78 is 1.83. The Bertz CT molecular complexity index is 558. The first-order valence-electron chi connectivity index (χ1n) is 6.79. The van der Waals surface area contributed by atoms with Crippen LogP contribution in [0.15, 0.2) is 24.4 Å². The Labute approximate surface area is 113 Å². The lowest BCUT2D eigenvalue weighted by Gasteiger charge is -2.32. The summed E-state index contributed by atoms with van der Waals surface area (Å²) in [6.07, 6.45) is 2.69. The largest absolute Gasteiger partial charge is 0.494 e. The molecule has 0 radical (unpaired) electrons. The summed E-state index contributed by atoms with van der Waals surface area (Å²) in [6, 6.07) is 5.51. The van der Waals surface area contributed by atoms with Crippen molar-refractivity contribution in [1.82, 2.24) is 19.2 Å². The van der Waals surface area contributed by atoms with Gasteiger partial charge in [0.1, 0.15) is 5.82 Å². The number of rotatable bonds is 3. The fraction of sp³-hybridized carbons (Fsp3) is 0.500. The van der Waals surface area contributed by atoms with E-state index in [0.29, 0.717) is 0 Å². The van der Waals surface area contributed by atoms with Gasteiger partial charge in [-0.15, -0.1) is 0 Å². The molecule has 5 nitrogen and oxygen atoms in total. The number of pyridine rings is 1. The molecule has 5 heteroatoms. The fourth-order valence-corrected chi connectivity index (χ4v) is 2.60. The summed E-state index contributed by atoms with van der Waals surface area (Å²) in [6.45, 7) is 5.50. The SMILES string of the molecule is CN1CCN(CCc2ncc3cccc(O)n23)CC1. The molecule has 2 aromatic heterocycles. The number of likely N-dealkylation sites (N-methyl/N-ethyl adjacent to an activating group) is 1. The molecule has 0 saturated carbocycles. The van der Waals surface area contributed by atoms with Gasteiger partial charge >= 0.3 is 0 Å². The van der Waals surface area contributed by atoms with Gasteiger partial charge in [0.05, 0.1) is 11.7 Å². The second-order valence-electron chi connectivity index (χ2n) is 5.21. The number of hydrogen-bond donors (Lipinski definition) is 1. The number of aromatic hydroxyl groups is 1. The van der Waals surface area contributed by atoms with Gasteiger partial charge < -0.3 is 14.9 Å². The molecule has 0 bridgehead atoms. The van der Waals surface area contributed by atoms with E-state index in [-0.39, 0.29) is 5.88 Å². The van der Waals surface area contributed by atoms with Crippen LogP contribution in [-0.2, 0) is 6.42 Å². The lowest BCUT2D eigenvalue weighted by atomic mass is 10.3. The van der Waals surface area contributed by atoms with Crippen molar-refractivity contribution >= 4 is 5.52 Å². The zero-order valence-electron chi connectivity index (χ0n) is 11.3. The van der Waals surface area contributed by atoms with E-state index in [9.17, 15) is 5.11 Å². The van der Waals surface area contributed by atoms with Gasteiger partial charge in [0, 0.05) is 39.1 Å². The number of aromatic nitrogens is 2. The predicted molar refractivity (Wildman–Crippen MR) is 74.5 cm³/mol. The average Bonchev–Trinajstić information content (AvgIpc) is 2.83. The molecule has 3 heterocycles. The molecule has 2 aromatic rings. The maximum atomic E-state index is 9.92. The van der Waals surface area contributed by atoms with E-state index in [1.54, 1.807) is 6.07 Å². The summed E-state index contributed by atoms with van der Waals surface area (Å²) in [4.78, 5) is 9.24. The van der Waals surface area contributed by atoms with Crippen molar-refractivity contribution < 1.29 is 5.11 Å². The molecule has 0 atom stereocenters. The second kappa shape index (κ2) is 5.19. The van der Waals surface area contributed by atoms with E-state index >= 15 is 0 Å². The highest BCUT2D eigenvalue weighted by Gasteiger charge is 2.14. The molecule has 1 saturated heterocycles.